The minimum absolute atomic E-state index is 0.938. The molecule has 0 saturated carbocycles. The van der Waals surface area contributed by atoms with E-state index in [1.807, 2.05) is 24.7 Å². The Labute approximate surface area is 366 Å². The molecular formula is C57H35N5S. The number of pyridine rings is 3. The standard InChI is InChI=1S/C57H35N5S/c1-3-12-36(13-4-1)49-32-42(33-50(60-49)37-14-5-2-6-15-37)61-52-19-10-8-17-45(52)47-29-38(22-25-53(47)61)40-21-24-46-44-16-7-9-18-51(44)62(54(46)31-40)43-28-41(34-58-35-43)39-23-26-55-48(30-39)57-56(63-55)20-11-27-59-57/h1-35H. The van der Waals surface area contributed by atoms with Crippen LogP contribution < -0.4 is 0 Å². The maximum absolute atomic E-state index is 5.18. The Morgan fingerprint density at radius 3 is 1.70 bits per heavy atom. The van der Waals surface area contributed by atoms with Crippen molar-refractivity contribution in [2.24, 2.45) is 0 Å². The Balaban J connectivity index is 0.961. The van der Waals surface area contributed by atoms with Gasteiger partial charge in [0.1, 0.15) is 0 Å². The Kier molecular flexibility index (Phi) is 8.01. The van der Waals surface area contributed by atoms with Crippen LogP contribution in [0.5, 0.6) is 0 Å². The van der Waals surface area contributed by atoms with Gasteiger partial charge in [-0.05, 0) is 89.5 Å². The zero-order chi connectivity index (χ0) is 41.4. The average Bonchev–Trinajstić information content (AvgIpc) is 4.01. The number of fused-ring (bicyclic) bond motifs is 9. The molecule has 0 bridgehead atoms. The topological polar surface area (TPSA) is 48.5 Å². The van der Waals surface area contributed by atoms with Crippen LogP contribution in [-0.2, 0) is 0 Å². The molecule has 6 heteroatoms. The SMILES string of the molecule is c1ccc(-c2cc(-n3c4ccccc4c4cc(-c5ccc6c7ccccc7n(-c7cncc(-c8ccc9sc%10cccnc%10c9c8)c7)c6c5)ccc43)cc(-c3ccccc3)n2)cc1. The van der Waals surface area contributed by atoms with Gasteiger partial charge in [0.25, 0.3) is 0 Å². The Morgan fingerprint density at radius 2 is 0.937 bits per heavy atom. The molecule has 6 aromatic heterocycles. The van der Waals surface area contributed by atoms with Gasteiger partial charge in [-0.3, -0.25) is 9.97 Å². The van der Waals surface area contributed by atoms with Crippen molar-refractivity contribution in [3.8, 4) is 56.1 Å². The molecule has 0 aliphatic carbocycles. The van der Waals surface area contributed by atoms with E-state index in [1.54, 1.807) is 11.3 Å². The maximum Gasteiger partial charge on any atom is 0.0888 e. The van der Waals surface area contributed by atoms with Gasteiger partial charge in [-0.15, -0.1) is 11.3 Å². The zero-order valence-electron chi connectivity index (χ0n) is 33.9. The van der Waals surface area contributed by atoms with Gasteiger partial charge in [0.2, 0.25) is 0 Å². The van der Waals surface area contributed by atoms with E-state index in [-0.39, 0.29) is 0 Å². The lowest BCUT2D eigenvalue weighted by molar-refractivity contribution is 1.14. The second kappa shape index (κ2) is 14.2. The Hall–Kier alpha value is -8.19. The van der Waals surface area contributed by atoms with Gasteiger partial charge < -0.3 is 9.13 Å². The first-order valence-corrected chi connectivity index (χ1v) is 22.0. The molecule has 0 aliphatic rings. The molecule has 0 saturated heterocycles. The molecule has 7 aromatic carbocycles. The summed E-state index contributed by atoms with van der Waals surface area (Å²) in [5.74, 6) is 0. The van der Waals surface area contributed by atoms with E-state index in [0.29, 0.717) is 0 Å². The van der Waals surface area contributed by atoms with Crippen LogP contribution >= 0.6 is 11.3 Å². The summed E-state index contributed by atoms with van der Waals surface area (Å²) in [5.41, 5.74) is 16.3. The molecular weight excluding hydrogens is 787 g/mol. The predicted octanol–water partition coefficient (Wildman–Crippen LogP) is 15.1. The van der Waals surface area contributed by atoms with Gasteiger partial charge in [0.15, 0.2) is 0 Å². The summed E-state index contributed by atoms with van der Waals surface area (Å²) < 4.78 is 7.20. The highest BCUT2D eigenvalue weighted by Gasteiger charge is 2.19. The maximum atomic E-state index is 5.18. The monoisotopic (exact) mass is 821 g/mol. The van der Waals surface area contributed by atoms with Crippen LogP contribution in [0.15, 0.2) is 213 Å². The van der Waals surface area contributed by atoms with Gasteiger partial charge >= 0.3 is 0 Å². The third-order valence-corrected chi connectivity index (χ3v) is 13.6. The molecule has 5 nitrogen and oxygen atoms in total. The number of nitrogens with zero attached hydrogens (tertiary/aromatic N) is 5. The highest BCUT2D eigenvalue weighted by molar-refractivity contribution is 7.25. The molecule has 0 amide bonds. The zero-order valence-corrected chi connectivity index (χ0v) is 34.7. The van der Waals surface area contributed by atoms with Gasteiger partial charge in [-0.2, -0.15) is 0 Å². The number of hydrogen-bond acceptors (Lipinski definition) is 4. The fourth-order valence-electron chi connectivity index (χ4n) is 9.50. The minimum Gasteiger partial charge on any atom is -0.309 e. The van der Waals surface area contributed by atoms with E-state index < -0.39 is 0 Å². The summed E-state index contributed by atoms with van der Waals surface area (Å²) in [6.07, 6.45) is 5.82. The Bertz CT molecular complexity index is 3860. The van der Waals surface area contributed by atoms with Crippen LogP contribution in [0.25, 0.3) is 120 Å². The fraction of sp³-hybridized carbons (Fsp3) is 0. The number of aromatic nitrogens is 5. The van der Waals surface area contributed by atoms with Crippen molar-refractivity contribution in [1.82, 2.24) is 24.1 Å². The van der Waals surface area contributed by atoms with E-state index in [9.17, 15) is 0 Å². The largest absolute Gasteiger partial charge is 0.309 e. The quantitative estimate of drug-likeness (QED) is 0.168. The van der Waals surface area contributed by atoms with Gasteiger partial charge in [0.05, 0.1) is 61.2 Å². The first-order valence-electron chi connectivity index (χ1n) is 21.2. The van der Waals surface area contributed by atoms with Crippen molar-refractivity contribution in [1.29, 1.82) is 0 Å². The Morgan fingerprint density at radius 1 is 0.349 bits per heavy atom. The number of benzene rings is 7. The summed E-state index contributed by atoms with van der Waals surface area (Å²) >= 11 is 1.78. The molecule has 0 aliphatic heterocycles. The summed E-state index contributed by atoms with van der Waals surface area (Å²) in [5, 5.41) is 5.99. The van der Waals surface area contributed by atoms with Crippen LogP contribution in [0.1, 0.15) is 0 Å². The summed E-state index contributed by atoms with van der Waals surface area (Å²) in [6.45, 7) is 0. The van der Waals surface area contributed by atoms with Crippen molar-refractivity contribution in [3.05, 3.63) is 213 Å². The van der Waals surface area contributed by atoms with Crippen LogP contribution in [0.3, 0.4) is 0 Å². The molecule has 0 fully saturated rings. The van der Waals surface area contributed by atoms with Crippen LogP contribution in [-0.4, -0.2) is 24.1 Å². The highest BCUT2D eigenvalue weighted by Crippen LogP contribution is 2.40. The second-order valence-electron chi connectivity index (χ2n) is 16.1. The van der Waals surface area contributed by atoms with Crippen LogP contribution in [0, 0.1) is 0 Å². The third kappa shape index (κ3) is 5.80. The average molecular weight is 822 g/mol. The first kappa shape index (κ1) is 35.6. The van der Waals surface area contributed by atoms with E-state index >= 15 is 0 Å². The van der Waals surface area contributed by atoms with Crippen molar-refractivity contribution >= 4 is 75.3 Å². The molecule has 294 valence electrons. The molecule has 0 radical (unpaired) electrons. The molecule has 0 unspecified atom stereocenters. The molecule has 0 spiro atoms. The van der Waals surface area contributed by atoms with Crippen molar-refractivity contribution < 1.29 is 0 Å². The molecule has 0 N–H and O–H groups in total. The van der Waals surface area contributed by atoms with Crippen molar-refractivity contribution in [2.75, 3.05) is 0 Å². The van der Waals surface area contributed by atoms with E-state index in [2.05, 4.69) is 197 Å². The van der Waals surface area contributed by atoms with Gasteiger partial charge in [-0.25, -0.2) is 4.98 Å². The first-order chi connectivity index (χ1) is 31.2. The lowest BCUT2D eigenvalue weighted by Crippen LogP contribution is -1.98. The lowest BCUT2D eigenvalue weighted by atomic mass is 10.0. The number of thiophene rings is 1. The van der Waals surface area contributed by atoms with Crippen LogP contribution in [0.2, 0.25) is 0 Å². The van der Waals surface area contributed by atoms with Crippen molar-refractivity contribution in [2.45, 2.75) is 0 Å². The second-order valence-corrected chi connectivity index (χ2v) is 17.2. The summed E-state index contributed by atoms with van der Waals surface area (Å²) in [4.78, 5) is 14.7. The van der Waals surface area contributed by atoms with Gasteiger partial charge in [0, 0.05) is 60.7 Å². The minimum atomic E-state index is 0.938. The summed E-state index contributed by atoms with van der Waals surface area (Å²) in [7, 11) is 0. The number of hydrogen-bond donors (Lipinski definition) is 0. The summed E-state index contributed by atoms with van der Waals surface area (Å²) in [6, 6.07) is 69.7. The molecule has 13 aromatic rings. The number of para-hydroxylation sites is 2. The van der Waals surface area contributed by atoms with E-state index in [1.165, 1.54) is 36.3 Å². The van der Waals surface area contributed by atoms with Gasteiger partial charge in [-0.1, -0.05) is 121 Å². The van der Waals surface area contributed by atoms with Crippen LogP contribution in [0.4, 0.5) is 0 Å². The highest BCUT2D eigenvalue weighted by atomic mass is 32.1. The van der Waals surface area contributed by atoms with Crippen molar-refractivity contribution in [3.63, 3.8) is 0 Å². The number of rotatable bonds is 6. The third-order valence-electron chi connectivity index (χ3n) is 12.4. The normalized spacial score (nSPS) is 11.8. The van der Waals surface area contributed by atoms with E-state index in [0.717, 1.165) is 83.7 Å². The fourth-order valence-corrected chi connectivity index (χ4v) is 10.5. The lowest BCUT2D eigenvalue weighted by Gasteiger charge is -2.13. The van der Waals surface area contributed by atoms with E-state index in [4.69, 9.17) is 15.0 Å². The molecule has 63 heavy (non-hydrogen) atoms. The smallest absolute Gasteiger partial charge is 0.0888 e. The predicted molar refractivity (Wildman–Crippen MR) is 263 cm³/mol. The molecule has 0 atom stereocenters. The molecule has 13 rings (SSSR count). The molecule has 6 heterocycles.